The molecule has 0 radical (unpaired) electrons. The number of unbranched alkanes of at least 4 members (excludes halogenated alkanes) is 1. The minimum Gasteiger partial charge on any atom is -0.326 e. The molecule has 1 aromatic heterocycles. The predicted molar refractivity (Wildman–Crippen MR) is 134 cm³/mol. The standard InChI is InChI=1S/C23H24BrN3O2S2/c1-3-4-5-21(28)25-18-10-12-19(13-11-18)31-15(2)22(29)27-23-26-20(14-30-23)16-6-8-17(24)9-7-16/h6-15H,3-5H2,1-2H3,(H,25,28)(H,26,27,29). The van der Waals surface area contributed by atoms with Crippen molar-refractivity contribution in [3.05, 3.63) is 58.4 Å². The monoisotopic (exact) mass is 517 g/mol. The predicted octanol–water partition coefficient (Wildman–Crippen LogP) is 6.82. The van der Waals surface area contributed by atoms with Crippen molar-refractivity contribution in [3.63, 3.8) is 0 Å². The smallest absolute Gasteiger partial charge is 0.239 e. The van der Waals surface area contributed by atoms with E-state index in [0.29, 0.717) is 11.6 Å². The fraction of sp³-hybridized carbons (Fsp3) is 0.261. The summed E-state index contributed by atoms with van der Waals surface area (Å²) in [5, 5.41) is 8.03. The molecule has 162 valence electrons. The van der Waals surface area contributed by atoms with Crippen LogP contribution < -0.4 is 10.6 Å². The quantitative estimate of drug-likeness (QED) is 0.305. The zero-order valence-electron chi connectivity index (χ0n) is 17.4. The number of hydrogen-bond acceptors (Lipinski definition) is 5. The van der Waals surface area contributed by atoms with Gasteiger partial charge in [-0.15, -0.1) is 23.1 Å². The zero-order valence-corrected chi connectivity index (χ0v) is 20.6. The van der Waals surface area contributed by atoms with Crippen LogP contribution in [0.2, 0.25) is 0 Å². The van der Waals surface area contributed by atoms with Gasteiger partial charge in [0.05, 0.1) is 10.9 Å². The lowest BCUT2D eigenvalue weighted by Crippen LogP contribution is -2.22. The first-order chi connectivity index (χ1) is 14.9. The number of aromatic nitrogens is 1. The van der Waals surface area contributed by atoms with Crippen LogP contribution in [-0.4, -0.2) is 22.0 Å². The van der Waals surface area contributed by atoms with Crippen LogP contribution in [0, 0.1) is 0 Å². The lowest BCUT2D eigenvalue weighted by Gasteiger charge is -2.11. The molecule has 0 fully saturated rings. The highest BCUT2D eigenvalue weighted by atomic mass is 79.9. The van der Waals surface area contributed by atoms with Gasteiger partial charge < -0.3 is 10.6 Å². The van der Waals surface area contributed by atoms with Crippen LogP contribution in [0.1, 0.15) is 33.1 Å². The normalized spacial score (nSPS) is 11.7. The molecule has 0 aliphatic heterocycles. The van der Waals surface area contributed by atoms with Crippen LogP contribution in [0.25, 0.3) is 11.3 Å². The maximum Gasteiger partial charge on any atom is 0.239 e. The Labute approximate surface area is 199 Å². The molecule has 2 N–H and O–H groups in total. The average Bonchev–Trinajstić information content (AvgIpc) is 3.22. The minimum atomic E-state index is -0.287. The van der Waals surface area contributed by atoms with Gasteiger partial charge in [-0.2, -0.15) is 0 Å². The topological polar surface area (TPSA) is 71.1 Å². The van der Waals surface area contributed by atoms with Gasteiger partial charge in [-0.05, 0) is 49.7 Å². The molecule has 1 unspecified atom stereocenters. The summed E-state index contributed by atoms with van der Waals surface area (Å²) in [6, 6.07) is 15.5. The summed E-state index contributed by atoms with van der Waals surface area (Å²) in [7, 11) is 0. The first-order valence-electron chi connectivity index (χ1n) is 10.0. The molecule has 0 aliphatic rings. The molecule has 0 saturated carbocycles. The fourth-order valence-electron chi connectivity index (χ4n) is 2.73. The summed E-state index contributed by atoms with van der Waals surface area (Å²) in [4.78, 5) is 29.9. The molecule has 2 aromatic carbocycles. The molecule has 3 aromatic rings. The Hall–Kier alpha value is -2.16. The van der Waals surface area contributed by atoms with Crippen LogP contribution in [0.5, 0.6) is 0 Å². The molecule has 31 heavy (non-hydrogen) atoms. The number of halogens is 1. The van der Waals surface area contributed by atoms with Gasteiger partial charge >= 0.3 is 0 Å². The first kappa shape index (κ1) is 23.5. The fourth-order valence-corrected chi connectivity index (χ4v) is 4.58. The number of rotatable bonds is 9. The second-order valence-electron chi connectivity index (χ2n) is 6.97. The third-order valence-corrected chi connectivity index (χ3v) is 6.85. The summed E-state index contributed by atoms with van der Waals surface area (Å²) < 4.78 is 1.01. The minimum absolute atomic E-state index is 0.0287. The Kier molecular flexibility index (Phi) is 8.69. The van der Waals surface area contributed by atoms with Gasteiger partial charge in [0.25, 0.3) is 0 Å². The summed E-state index contributed by atoms with van der Waals surface area (Å²) in [6.45, 7) is 3.93. The average molecular weight is 519 g/mol. The van der Waals surface area contributed by atoms with Crippen molar-refractivity contribution in [1.82, 2.24) is 4.98 Å². The molecule has 8 heteroatoms. The number of nitrogens with one attached hydrogen (secondary N) is 2. The highest BCUT2D eigenvalue weighted by molar-refractivity contribution is 9.10. The van der Waals surface area contributed by atoms with Crippen LogP contribution in [-0.2, 0) is 9.59 Å². The number of amides is 2. The Morgan fingerprint density at radius 3 is 2.48 bits per heavy atom. The molecule has 0 spiro atoms. The molecule has 0 bridgehead atoms. The first-order valence-corrected chi connectivity index (χ1v) is 12.6. The van der Waals surface area contributed by atoms with E-state index in [1.54, 1.807) is 0 Å². The summed E-state index contributed by atoms with van der Waals surface area (Å²) in [5.74, 6) is -0.0698. The van der Waals surface area contributed by atoms with Crippen molar-refractivity contribution in [2.24, 2.45) is 0 Å². The zero-order chi connectivity index (χ0) is 22.2. The SMILES string of the molecule is CCCCC(=O)Nc1ccc(SC(C)C(=O)Nc2nc(-c3ccc(Br)cc3)cs2)cc1. The van der Waals surface area contributed by atoms with E-state index in [1.807, 2.05) is 60.8 Å². The van der Waals surface area contributed by atoms with Crippen LogP contribution in [0.15, 0.2) is 63.3 Å². The number of hydrogen-bond donors (Lipinski definition) is 2. The van der Waals surface area contributed by atoms with E-state index < -0.39 is 0 Å². The maximum atomic E-state index is 12.6. The number of carbonyl (C=O) groups excluding carboxylic acids is 2. The molecule has 2 amide bonds. The Bertz CT molecular complexity index is 1020. The molecule has 5 nitrogen and oxygen atoms in total. The number of anilines is 2. The van der Waals surface area contributed by atoms with Crippen molar-refractivity contribution >= 4 is 61.7 Å². The largest absolute Gasteiger partial charge is 0.326 e. The van der Waals surface area contributed by atoms with Crippen LogP contribution in [0.3, 0.4) is 0 Å². The second kappa shape index (κ2) is 11.5. The van der Waals surface area contributed by atoms with Gasteiger partial charge in [0, 0.05) is 32.4 Å². The molecular weight excluding hydrogens is 494 g/mol. The van der Waals surface area contributed by atoms with Crippen molar-refractivity contribution in [2.75, 3.05) is 10.6 Å². The van der Waals surface area contributed by atoms with E-state index in [-0.39, 0.29) is 17.1 Å². The third kappa shape index (κ3) is 7.19. The van der Waals surface area contributed by atoms with E-state index in [4.69, 9.17) is 0 Å². The molecule has 0 saturated heterocycles. The van der Waals surface area contributed by atoms with E-state index in [1.165, 1.54) is 23.1 Å². The molecule has 1 heterocycles. The second-order valence-corrected chi connectivity index (χ2v) is 10.2. The Morgan fingerprint density at radius 1 is 1.10 bits per heavy atom. The maximum absolute atomic E-state index is 12.6. The van der Waals surface area contributed by atoms with Crippen LogP contribution >= 0.6 is 39.0 Å². The van der Waals surface area contributed by atoms with Crippen LogP contribution in [0.4, 0.5) is 10.8 Å². The Balaban J connectivity index is 1.52. The summed E-state index contributed by atoms with van der Waals surface area (Å²) >= 11 is 6.30. The molecule has 0 aliphatic carbocycles. The van der Waals surface area contributed by atoms with Gasteiger partial charge in [-0.3, -0.25) is 9.59 Å². The van der Waals surface area contributed by atoms with Gasteiger partial charge in [0.15, 0.2) is 5.13 Å². The highest BCUT2D eigenvalue weighted by Gasteiger charge is 2.16. The van der Waals surface area contributed by atoms with Gasteiger partial charge in [-0.1, -0.05) is 41.4 Å². The number of benzene rings is 2. The lowest BCUT2D eigenvalue weighted by atomic mass is 10.2. The van der Waals surface area contributed by atoms with E-state index in [2.05, 4.69) is 38.5 Å². The van der Waals surface area contributed by atoms with Crippen molar-refractivity contribution in [1.29, 1.82) is 0 Å². The Morgan fingerprint density at radius 2 is 1.81 bits per heavy atom. The summed E-state index contributed by atoms with van der Waals surface area (Å²) in [6.07, 6.45) is 2.41. The summed E-state index contributed by atoms with van der Waals surface area (Å²) in [5.41, 5.74) is 2.61. The molecular formula is C23H24BrN3O2S2. The third-order valence-electron chi connectivity index (χ3n) is 4.45. The molecule has 1 atom stereocenters. The highest BCUT2D eigenvalue weighted by Crippen LogP contribution is 2.28. The number of thiazole rings is 1. The van der Waals surface area contributed by atoms with E-state index in [9.17, 15) is 9.59 Å². The molecule has 3 rings (SSSR count). The number of carbonyl (C=O) groups is 2. The van der Waals surface area contributed by atoms with Crippen molar-refractivity contribution in [3.8, 4) is 11.3 Å². The van der Waals surface area contributed by atoms with Gasteiger partial charge in [0.1, 0.15) is 0 Å². The van der Waals surface area contributed by atoms with E-state index >= 15 is 0 Å². The number of thioether (sulfide) groups is 1. The van der Waals surface area contributed by atoms with Gasteiger partial charge in [-0.25, -0.2) is 4.98 Å². The lowest BCUT2D eigenvalue weighted by molar-refractivity contribution is -0.116. The van der Waals surface area contributed by atoms with Gasteiger partial charge in [0.2, 0.25) is 11.8 Å². The van der Waals surface area contributed by atoms with Crippen molar-refractivity contribution < 1.29 is 9.59 Å². The van der Waals surface area contributed by atoms with E-state index in [0.717, 1.165) is 39.2 Å². The number of nitrogens with zero attached hydrogens (tertiary/aromatic N) is 1. The van der Waals surface area contributed by atoms with Crippen molar-refractivity contribution in [2.45, 2.75) is 43.3 Å².